The number of hydrogen-bond acceptors (Lipinski definition) is 9. The van der Waals surface area contributed by atoms with E-state index in [-0.39, 0.29) is 21.8 Å². The summed E-state index contributed by atoms with van der Waals surface area (Å²) >= 11 is 0. The number of ether oxygens (including phenoxy) is 2. The first-order valence-electron chi connectivity index (χ1n) is 11.7. The van der Waals surface area contributed by atoms with Crippen molar-refractivity contribution in [1.29, 1.82) is 0 Å². The van der Waals surface area contributed by atoms with Gasteiger partial charge in [0, 0.05) is 35.5 Å². The van der Waals surface area contributed by atoms with Crippen LogP contribution in [0.1, 0.15) is 10.5 Å². The standard InChI is InChI=1S/C26H25N5O6S/c1-36-19-6-8-20(9-7-19)38(34,35)31-24(26(27)32)16-21-22(10-11-23(29-33)25(21)31)28-17-2-4-18(5-3-17)30-12-14-37-15-13-30/h2-11,16,28H,12-15H2,1H3,(H2,27,32). The van der Waals surface area contributed by atoms with Crippen molar-refractivity contribution in [1.82, 2.24) is 3.97 Å². The third-order valence-electron chi connectivity index (χ3n) is 6.37. The van der Waals surface area contributed by atoms with Crippen molar-refractivity contribution in [2.75, 3.05) is 43.6 Å². The van der Waals surface area contributed by atoms with Crippen molar-refractivity contribution in [3.8, 4) is 5.75 Å². The molecule has 1 aromatic heterocycles. The van der Waals surface area contributed by atoms with Gasteiger partial charge in [-0.3, -0.25) is 4.79 Å². The summed E-state index contributed by atoms with van der Waals surface area (Å²) in [6, 6.07) is 17.7. The van der Waals surface area contributed by atoms with Gasteiger partial charge >= 0.3 is 0 Å². The normalized spacial score (nSPS) is 13.9. The molecule has 196 valence electrons. The number of aromatic nitrogens is 1. The number of primary amides is 1. The highest BCUT2D eigenvalue weighted by atomic mass is 32.2. The maximum atomic E-state index is 13.7. The van der Waals surface area contributed by atoms with Gasteiger partial charge in [-0.15, -0.1) is 4.91 Å². The monoisotopic (exact) mass is 535 g/mol. The minimum absolute atomic E-state index is 0.0560. The van der Waals surface area contributed by atoms with Crippen LogP contribution in [0.4, 0.5) is 22.7 Å². The summed E-state index contributed by atoms with van der Waals surface area (Å²) in [7, 11) is -2.89. The number of rotatable bonds is 8. The Kier molecular flexibility index (Phi) is 6.74. The number of nitrogens with zero attached hydrogens (tertiary/aromatic N) is 3. The number of carbonyl (C=O) groups is 1. The molecule has 0 spiro atoms. The van der Waals surface area contributed by atoms with Crippen molar-refractivity contribution in [3.05, 3.63) is 77.3 Å². The number of carbonyl (C=O) groups excluding carboxylic acids is 1. The summed E-state index contributed by atoms with van der Waals surface area (Å²) in [5.41, 5.74) is 7.32. The summed E-state index contributed by atoms with van der Waals surface area (Å²) in [6.07, 6.45) is 0. The maximum absolute atomic E-state index is 13.7. The number of benzene rings is 3. The minimum Gasteiger partial charge on any atom is -0.497 e. The average Bonchev–Trinajstić information content (AvgIpc) is 3.37. The van der Waals surface area contributed by atoms with Crippen LogP contribution in [0.15, 0.2) is 76.8 Å². The number of nitrogens with two attached hydrogens (primary N) is 1. The van der Waals surface area contributed by atoms with Gasteiger partial charge in [-0.25, -0.2) is 12.4 Å². The fraction of sp³-hybridized carbons (Fsp3) is 0.192. The van der Waals surface area contributed by atoms with Crippen LogP contribution in [0.2, 0.25) is 0 Å². The fourth-order valence-electron chi connectivity index (χ4n) is 4.46. The number of nitroso groups, excluding NO2 is 1. The van der Waals surface area contributed by atoms with Gasteiger partial charge in [0.2, 0.25) is 0 Å². The highest BCUT2D eigenvalue weighted by molar-refractivity contribution is 7.90. The fourth-order valence-corrected chi connectivity index (χ4v) is 5.99. The van der Waals surface area contributed by atoms with Crippen molar-refractivity contribution in [2.45, 2.75) is 4.90 Å². The molecule has 38 heavy (non-hydrogen) atoms. The van der Waals surface area contributed by atoms with Crippen LogP contribution in [0.3, 0.4) is 0 Å². The summed E-state index contributed by atoms with van der Waals surface area (Å²) in [5.74, 6) is -0.520. The molecule has 11 nitrogen and oxygen atoms in total. The van der Waals surface area contributed by atoms with Crippen LogP contribution in [0, 0.1) is 4.91 Å². The molecule has 0 aliphatic carbocycles. The maximum Gasteiger partial charge on any atom is 0.268 e. The molecule has 0 atom stereocenters. The van der Waals surface area contributed by atoms with E-state index in [1.807, 2.05) is 24.3 Å². The van der Waals surface area contributed by atoms with E-state index >= 15 is 0 Å². The Morgan fingerprint density at radius 3 is 2.32 bits per heavy atom. The summed E-state index contributed by atoms with van der Waals surface area (Å²) in [6.45, 7) is 2.96. The highest BCUT2D eigenvalue weighted by Gasteiger charge is 2.28. The topological polar surface area (TPSA) is 145 Å². The van der Waals surface area contributed by atoms with E-state index in [4.69, 9.17) is 15.2 Å². The van der Waals surface area contributed by atoms with Crippen LogP contribution < -0.4 is 20.7 Å². The van der Waals surface area contributed by atoms with Gasteiger partial charge in [0.1, 0.15) is 17.1 Å². The van der Waals surface area contributed by atoms with Gasteiger partial charge in [0.05, 0.1) is 30.7 Å². The van der Waals surface area contributed by atoms with E-state index in [1.54, 1.807) is 6.07 Å². The average molecular weight is 536 g/mol. The van der Waals surface area contributed by atoms with E-state index in [2.05, 4.69) is 15.4 Å². The van der Waals surface area contributed by atoms with Crippen LogP contribution in [-0.4, -0.2) is 51.7 Å². The molecule has 1 amide bonds. The Hall–Kier alpha value is -4.42. The lowest BCUT2D eigenvalue weighted by Crippen LogP contribution is -2.36. The van der Waals surface area contributed by atoms with Gasteiger partial charge in [0.15, 0.2) is 0 Å². The number of amides is 1. The molecule has 2 heterocycles. The third-order valence-corrected chi connectivity index (χ3v) is 8.10. The molecule has 3 aromatic carbocycles. The molecule has 12 heteroatoms. The lowest BCUT2D eigenvalue weighted by molar-refractivity contribution is 0.0995. The number of methoxy groups -OCH3 is 1. The largest absolute Gasteiger partial charge is 0.497 e. The molecule has 0 radical (unpaired) electrons. The van der Waals surface area contributed by atoms with Gasteiger partial charge in [-0.1, -0.05) is 0 Å². The molecular formula is C26H25N5O6S. The van der Waals surface area contributed by atoms with Gasteiger partial charge in [-0.2, -0.15) is 0 Å². The second-order valence-electron chi connectivity index (χ2n) is 8.60. The molecule has 4 aromatic rings. The lowest BCUT2D eigenvalue weighted by atomic mass is 10.1. The van der Waals surface area contributed by atoms with Crippen molar-refractivity contribution < 1.29 is 22.7 Å². The highest BCUT2D eigenvalue weighted by Crippen LogP contribution is 2.38. The van der Waals surface area contributed by atoms with Crippen molar-refractivity contribution in [2.24, 2.45) is 10.9 Å². The molecule has 1 saturated heterocycles. The van der Waals surface area contributed by atoms with Crippen LogP contribution in [0.5, 0.6) is 5.75 Å². The van der Waals surface area contributed by atoms with Gasteiger partial charge in [-0.05, 0) is 71.9 Å². The Morgan fingerprint density at radius 1 is 1.03 bits per heavy atom. The lowest BCUT2D eigenvalue weighted by Gasteiger charge is -2.29. The zero-order valence-corrected chi connectivity index (χ0v) is 21.3. The van der Waals surface area contributed by atoms with Gasteiger partial charge < -0.3 is 25.4 Å². The summed E-state index contributed by atoms with van der Waals surface area (Å²) in [4.78, 5) is 26.2. The molecule has 1 fully saturated rings. The Balaban J connectivity index is 1.60. The quantitative estimate of drug-likeness (QED) is 0.323. The van der Waals surface area contributed by atoms with E-state index in [0.29, 0.717) is 30.0 Å². The first-order chi connectivity index (χ1) is 18.3. The van der Waals surface area contributed by atoms with Crippen LogP contribution in [0.25, 0.3) is 10.9 Å². The number of anilines is 3. The first-order valence-corrected chi connectivity index (χ1v) is 13.2. The number of hydrogen-bond donors (Lipinski definition) is 2. The summed E-state index contributed by atoms with van der Waals surface area (Å²) in [5, 5.41) is 6.57. The van der Waals surface area contributed by atoms with E-state index < -0.39 is 15.9 Å². The molecule has 0 bridgehead atoms. The number of nitrogens with one attached hydrogen (secondary N) is 1. The Bertz CT molecular complexity index is 1610. The minimum atomic E-state index is -4.35. The van der Waals surface area contributed by atoms with E-state index in [1.165, 1.54) is 43.5 Å². The smallest absolute Gasteiger partial charge is 0.268 e. The van der Waals surface area contributed by atoms with Crippen LogP contribution >= 0.6 is 0 Å². The third kappa shape index (κ3) is 4.55. The molecule has 0 unspecified atom stereocenters. The van der Waals surface area contributed by atoms with Gasteiger partial charge in [0.25, 0.3) is 15.9 Å². The zero-order valence-electron chi connectivity index (χ0n) is 20.5. The molecule has 1 aliphatic rings. The molecule has 5 rings (SSSR count). The number of fused-ring (bicyclic) bond motifs is 1. The first kappa shape index (κ1) is 25.2. The Morgan fingerprint density at radius 2 is 1.71 bits per heavy atom. The zero-order chi connectivity index (χ0) is 26.9. The van der Waals surface area contributed by atoms with Crippen LogP contribution in [-0.2, 0) is 14.8 Å². The molecule has 1 aliphatic heterocycles. The summed E-state index contributed by atoms with van der Waals surface area (Å²) < 4.78 is 38.7. The number of morpholine rings is 1. The predicted molar refractivity (Wildman–Crippen MR) is 144 cm³/mol. The Labute approximate surface area is 218 Å². The molecular weight excluding hydrogens is 510 g/mol. The molecule has 0 saturated carbocycles. The van der Waals surface area contributed by atoms with E-state index in [9.17, 15) is 18.1 Å². The predicted octanol–water partition coefficient (Wildman–Crippen LogP) is 3.96. The second kappa shape index (κ2) is 10.1. The van der Waals surface area contributed by atoms with Crippen molar-refractivity contribution in [3.63, 3.8) is 0 Å². The van der Waals surface area contributed by atoms with Crippen molar-refractivity contribution >= 4 is 49.6 Å². The second-order valence-corrected chi connectivity index (χ2v) is 10.4. The SMILES string of the molecule is COc1ccc(S(=O)(=O)n2c(C(N)=O)cc3c(Nc4ccc(N5CCOCC5)cc4)ccc(N=O)c32)cc1. The van der Waals surface area contributed by atoms with E-state index in [0.717, 1.165) is 28.4 Å². The molecule has 3 N–H and O–H groups in total.